The van der Waals surface area contributed by atoms with Crippen LogP contribution >= 0.6 is 0 Å². The highest BCUT2D eigenvalue weighted by Gasteiger charge is 2.46. The van der Waals surface area contributed by atoms with E-state index in [1.165, 1.54) is 5.56 Å². The fourth-order valence-corrected chi connectivity index (χ4v) is 4.13. The Morgan fingerprint density at radius 3 is 2.46 bits per heavy atom. The summed E-state index contributed by atoms with van der Waals surface area (Å²) in [4.78, 5) is 17.1. The maximum Gasteiger partial charge on any atom is 0.244 e. The molecule has 130 valence electrons. The summed E-state index contributed by atoms with van der Waals surface area (Å²) in [6.45, 7) is 7.34. The molecule has 3 aliphatic heterocycles. The summed E-state index contributed by atoms with van der Waals surface area (Å²) in [5.74, 6) is -0.162. The zero-order valence-corrected chi connectivity index (χ0v) is 14.5. The number of carbonyl (C=O) groups is 1. The van der Waals surface area contributed by atoms with Gasteiger partial charge in [-0.3, -0.25) is 9.69 Å². The Bertz CT molecular complexity index is 608. The van der Waals surface area contributed by atoms with E-state index in [1.54, 1.807) is 0 Å². The number of hydrogen-bond donors (Lipinski definition) is 0. The second-order valence-electron chi connectivity index (χ2n) is 7.32. The number of aryl methyl sites for hydroxylation is 1. The molecule has 0 aliphatic carbocycles. The molecule has 24 heavy (non-hydrogen) atoms. The first kappa shape index (κ1) is 16.1. The van der Waals surface area contributed by atoms with Gasteiger partial charge < -0.3 is 14.4 Å². The van der Waals surface area contributed by atoms with Gasteiger partial charge in [0.1, 0.15) is 0 Å². The van der Waals surface area contributed by atoms with Crippen molar-refractivity contribution in [2.75, 3.05) is 31.1 Å². The lowest BCUT2D eigenvalue weighted by Gasteiger charge is -2.39. The van der Waals surface area contributed by atoms with Crippen LogP contribution in [0, 0.1) is 6.92 Å². The standard InChI is InChI=1S/C19H26N2O3/c1-14-3-5-16(6-4-14)21-10-7-17(18(21)22)20-11-8-19(9-12-20)23-13-15(2)24-19/h3-6,15,17H,7-13H2,1-2H3/t15-,17+/m1/s1. The van der Waals surface area contributed by atoms with E-state index < -0.39 is 5.79 Å². The minimum atomic E-state index is -0.395. The highest BCUT2D eigenvalue weighted by atomic mass is 16.7. The molecule has 1 spiro atoms. The van der Waals surface area contributed by atoms with E-state index in [4.69, 9.17) is 9.47 Å². The average molecular weight is 330 g/mol. The van der Waals surface area contributed by atoms with E-state index in [-0.39, 0.29) is 18.1 Å². The van der Waals surface area contributed by atoms with Gasteiger partial charge in [0.15, 0.2) is 5.79 Å². The molecular formula is C19H26N2O3. The second kappa shape index (κ2) is 6.14. The van der Waals surface area contributed by atoms with Gasteiger partial charge in [-0.15, -0.1) is 0 Å². The fraction of sp³-hybridized carbons (Fsp3) is 0.632. The third-order valence-corrected chi connectivity index (χ3v) is 5.52. The predicted octanol–water partition coefficient (Wildman–Crippen LogP) is 2.33. The molecule has 3 fully saturated rings. The van der Waals surface area contributed by atoms with Gasteiger partial charge in [0, 0.05) is 38.2 Å². The monoisotopic (exact) mass is 330 g/mol. The Morgan fingerprint density at radius 1 is 1.12 bits per heavy atom. The third-order valence-electron chi connectivity index (χ3n) is 5.52. The van der Waals surface area contributed by atoms with Crippen LogP contribution in [0.4, 0.5) is 5.69 Å². The van der Waals surface area contributed by atoms with Gasteiger partial charge in [0.2, 0.25) is 5.91 Å². The van der Waals surface area contributed by atoms with Crippen LogP contribution in [-0.4, -0.2) is 55.0 Å². The van der Waals surface area contributed by atoms with Crippen LogP contribution in [-0.2, 0) is 14.3 Å². The SMILES string of the molecule is Cc1ccc(N2CC[C@H](N3CCC4(CC3)OC[C@@H](C)O4)C2=O)cc1. The normalized spacial score (nSPS) is 30.4. The molecule has 0 unspecified atom stereocenters. The molecular weight excluding hydrogens is 304 g/mol. The van der Waals surface area contributed by atoms with Gasteiger partial charge in [0.25, 0.3) is 0 Å². The molecule has 2 atom stereocenters. The lowest BCUT2D eigenvalue weighted by molar-refractivity contribution is -0.195. The van der Waals surface area contributed by atoms with Gasteiger partial charge in [-0.1, -0.05) is 17.7 Å². The number of carbonyl (C=O) groups excluding carboxylic acids is 1. The second-order valence-corrected chi connectivity index (χ2v) is 7.32. The predicted molar refractivity (Wildman–Crippen MR) is 92.0 cm³/mol. The Kier molecular flexibility index (Phi) is 4.11. The molecule has 4 rings (SSSR count). The zero-order valence-electron chi connectivity index (χ0n) is 14.5. The summed E-state index contributed by atoms with van der Waals surface area (Å²) in [5.41, 5.74) is 2.23. The first-order chi connectivity index (χ1) is 11.6. The van der Waals surface area contributed by atoms with Gasteiger partial charge in [-0.2, -0.15) is 0 Å². The fourth-order valence-electron chi connectivity index (χ4n) is 4.13. The lowest BCUT2D eigenvalue weighted by atomic mass is 10.0. The number of piperidine rings is 1. The Balaban J connectivity index is 1.40. The van der Waals surface area contributed by atoms with Gasteiger partial charge in [0.05, 0.1) is 18.8 Å². The Labute approximate surface area is 143 Å². The molecule has 3 heterocycles. The number of anilines is 1. The van der Waals surface area contributed by atoms with Crippen LogP contribution in [0.3, 0.4) is 0 Å². The number of hydrogen-bond acceptors (Lipinski definition) is 4. The minimum absolute atomic E-state index is 0.00230. The van der Waals surface area contributed by atoms with Gasteiger partial charge >= 0.3 is 0 Å². The van der Waals surface area contributed by atoms with Crippen LogP contribution in [0.5, 0.6) is 0 Å². The lowest BCUT2D eigenvalue weighted by Crippen LogP contribution is -2.51. The van der Waals surface area contributed by atoms with Crippen LogP contribution in [0.1, 0.15) is 31.7 Å². The summed E-state index contributed by atoms with van der Waals surface area (Å²) in [6, 6.07) is 8.22. The van der Waals surface area contributed by atoms with Crippen molar-refractivity contribution >= 4 is 11.6 Å². The topological polar surface area (TPSA) is 42.0 Å². The third kappa shape index (κ3) is 2.85. The summed E-state index contributed by atoms with van der Waals surface area (Å²) < 4.78 is 11.9. The molecule has 3 saturated heterocycles. The average Bonchev–Trinajstić information content (AvgIpc) is 3.13. The molecule has 0 aromatic heterocycles. The summed E-state index contributed by atoms with van der Waals surface area (Å²) in [6.07, 6.45) is 2.79. The summed E-state index contributed by atoms with van der Waals surface area (Å²) >= 11 is 0. The van der Waals surface area contributed by atoms with E-state index in [1.807, 2.05) is 17.0 Å². The van der Waals surface area contributed by atoms with Gasteiger partial charge in [-0.05, 0) is 32.4 Å². The van der Waals surface area contributed by atoms with Crippen molar-refractivity contribution in [3.63, 3.8) is 0 Å². The highest BCUT2D eigenvalue weighted by molar-refractivity contribution is 5.99. The molecule has 3 aliphatic rings. The molecule has 1 aromatic rings. The van der Waals surface area contributed by atoms with Crippen molar-refractivity contribution in [1.29, 1.82) is 0 Å². The molecule has 1 aromatic carbocycles. The Morgan fingerprint density at radius 2 is 1.83 bits per heavy atom. The van der Waals surface area contributed by atoms with Crippen molar-refractivity contribution in [2.45, 2.75) is 51.0 Å². The number of likely N-dealkylation sites (tertiary alicyclic amines) is 1. The largest absolute Gasteiger partial charge is 0.347 e. The molecule has 0 bridgehead atoms. The Hall–Kier alpha value is -1.43. The molecule has 1 amide bonds. The van der Waals surface area contributed by atoms with Crippen LogP contribution < -0.4 is 4.90 Å². The van der Waals surface area contributed by atoms with Crippen LogP contribution in [0.25, 0.3) is 0 Å². The van der Waals surface area contributed by atoms with Crippen LogP contribution in [0.15, 0.2) is 24.3 Å². The van der Waals surface area contributed by atoms with E-state index in [0.29, 0.717) is 6.61 Å². The molecule has 5 heteroatoms. The van der Waals surface area contributed by atoms with E-state index >= 15 is 0 Å². The maximum absolute atomic E-state index is 12.9. The summed E-state index contributed by atoms with van der Waals surface area (Å²) in [7, 11) is 0. The van der Waals surface area contributed by atoms with E-state index in [9.17, 15) is 4.79 Å². The van der Waals surface area contributed by atoms with Gasteiger partial charge in [-0.25, -0.2) is 0 Å². The molecule has 0 radical (unpaired) electrons. The maximum atomic E-state index is 12.9. The number of benzene rings is 1. The van der Waals surface area contributed by atoms with Crippen molar-refractivity contribution in [3.05, 3.63) is 29.8 Å². The molecule has 5 nitrogen and oxygen atoms in total. The number of ether oxygens (including phenoxy) is 2. The van der Waals surface area contributed by atoms with Crippen molar-refractivity contribution in [2.24, 2.45) is 0 Å². The first-order valence-corrected chi connectivity index (χ1v) is 9.00. The number of rotatable bonds is 2. The smallest absolute Gasteiger partial charge is 0.244 e. The minimum Gasteiger partial charge on any atom is -0.347 e. The van der Waals surface area contributed by atoms with E-state index in [2.05, 4.69) is 30.9 Å². The zero-order chi connectivity index (χ0) is 16.7. The van der Waals surface area contributed by atoms with Crippen molar-refractivity contribution in [3.8, 4) is 0 Å². The quantitative estimate of drug-likeness (QED) is 0.835. The van der Waals surface area contributed by atoms with E-state index in [0.717, 1.165) is 44.6 Å². The highest BCUT2D eigenvalue weighted by Crippen LogP contribution is 2.36. The first-order valence-electron chi connectivity index (χ1n) is 9.00. The molecule has 0 saturated carbocycles. The number of amides is 1. The van der Waals surface area contributed by atoms with Crippen molar-refractivity contribution < 1.29 is 14.3 Å². The van der Waals surface area contributed by atoms with Crippen LogP contribution in [0.2, 0.25) is 0 Å². The molecule has 0 N–H and O–H groups in total. The summed E-state index contributed by atoms with van der Waals surface area (Å²) in [5, 5.41) is 0. The van der Waals surface area contributed by atoms with Crippen molar-refractivity contribution in [1.82, 2.24) is 4.90 Å². The number of nitrogens with zero attached hydrogens (tertiary/aromatic N) is 2.